The van der Waals surface area contributed by atoms with Crippen LogP contribution in [0.25, 0.3) is 11.3 Å². The summed E-state index contributed by atoms with van der Waals surface area (Å²) in [6.07, 6.45) is 1.89. The molecule has 3 aromatic rings. The summed E-state index contributed by atoms with van der Waals surface area (Å²) in [5, 5.41) is 15.0. The van der Waals surface area contributed by atoms with Crippen molar-refractivity contribution in [2.45, 2.75) is 18.9 Å². The average molecular weight is 348 g/mol. The van der Waals surface area contributed by atoms with Crippen molar-refractivity contribution in [1.82, 2.24) is 10.1 Å². The summed E-state index contributed by atoms with van der Waals surface area (Å²) in [5.74, 6) is -0.173. The molecule has 1 aliphatic rings. The highest BCUT2D eigenvalue weighted by atomic mass is 16.5. The van der Waals surface area contributed by atoms with Gasteiger partial charge in [0.1, 0.15) is 23.1 Å². The van der Waals surface area contributed by atoms with Gasteiger partial charge in [0.2, 0.25) is 0 Å². The molecule has 2 heterocycles. The van der Waals surface area contributed by atoms with Gasteiger partial charge < -0.3 is 14.5 Å². The summed E-state index contributed by atoms with van der Waals surface area (Å²) in [6, 6.07) is 17.3. The summed E-state index contributed by atoms with van der Waals surface area (Å²) in [6.45, 7) is 2.75. The Hall–Kier alpha value is -2.92. The van der Waals surface area contributed by atoms with Crippen molar-refractivity contribution in [2.75, 3.05) is 13.1 Å². The molecule has 0 radical (unpaired) electrons. The minimum atomic E-state index is -1.02. The Kier molecular flexibility index (Phi) is 4.09. The van der Waals surface area contributed by atoms with E-state index in [9.17, 15) is 9.90 Å². The van der Waals surface area contributed by atoms with Gasteiger partial charge in [-0.1, -0.05) is 65.3 Å². The molecule has 1 saturated heterocycles. The first kappa shape index (κ1) is 16.5. The number of β-amino-alcohol motifs (C(OH)–C–C–N with tert-alkyl or cyclic N) is 1. The number of carbonyl (C=O) groups is 1. The molecule has 5 heteroatoms. The predicted molar refractivity (Wildman–Crippen MR) is 97.5 cm³/mol. The molecule has 26 heavy (non-hydrogen) atoms. The first-order chi connectivity index (χ1) is 12.6. The van der Waals surface area contributed by atoms with Crippen molar-refractivity contribution in [2.24, 2.45) is 0 Å². The molecular weight excluding hydrogens is 328 g/mol. The Morgan fingerprint density at radius 2 is 1.88 bits per heavy atom. The zero-order valence-electron chi connectivity index (χ0n) is 14.6. The maximum absolute atomic E-state index is 13.0. The first-order valence-corrected chi connectivity index (χ1v) is 8.65. The molecule has 1 amide bonds. The van der Waals surface area contributed by atoms with Crippen LogP contribution >= 0.6 is 0 Å². The molecule has 1 unspecified atom stereocenters. The summed E-state index contributed by atoms with van der Waals surface area (Å²) >= 11 is 0. The number of nitrogens with zero attached hydrogens (tertiary/aromatic N) is 2. The predicted octanol–water partition coefficient (Wildman–Crippen LogP) is 3.38. The van der Waals surface area contributed by atoms with Crippen LogP contribution in [-0.2, 0) is 5.60 Å². The Morgan fingerprint density at radius 1 is 1.15 bits per heavy atom. The fourth-order valence-electron chi connectivity index (χ4n) is 3.43. The molecule has 1 atom stereocenters. The van der Waals surface area contributed by atoms with Gasteiger partial charge in [0.15, 0.2) is 0 Å². The molecule has 132 valence electrons. The lowest BCUT2D eigenvalue weighted by Crippen LogP contribution is -2.34. The lowest BCUT2D eigenvalue weighted by molar-refractivity contribution is 0.0417. The van der Waals surface area contributed by atoms with Crippen molar-refractivity contribution < 1.29 is 14.4 Å². The van der Waals surface area contributed by atoms with Crippen molar-refractivity contribution in [1.29, 1.82) is 0 Å². The standard InChI is InChI=1S/C21H20N2O3/c1-15-7-9-16(10-8-15)19-18(13-26-22-19)20(24)23-12-11-21(25,14-23)17-5-3-2-4-6-17/h2-10,13,25H,11-12,14H2,1H3. The lowest BCUT2D eigenvalue weighted by Gasteiger charge is -2.23. The lowest BCUT2D eigenvalue weighted by atomic mass is 9.93. The van der Waals surface area contributed by atoms with E-state index in [2.05, 4.69) is 5.16 Å². The third-order valence-electron chi connectivity index (χ3n) is 4.97. The van der Waals surface area contributed by atoms with E-state index >= 15 is 0 Å². The van der Waals surface area contributed by atoms with Gasteiger partial charge in [-0.05, 0) is 18.9 Å². The Bertz CT molecular complexity index is 918. The third kappa shape index (κ3) is 2.91. The van der Waals surface area contributed by atoms with Crippen LogP contribution in [0.5, 0.6) is 0 Å². The maximum Gasteiger partial charge on any atom is 0.259 e. The molecule has 1 N–H and O–H groups in total. The maximum atomic E-state index is 13.0. The second-order valence-corrected chi connectivity index (χ2v) is 6.82. The van der Waals surface area contributed by atoms with Crippen LogP contribution < -0.4 is 0 Å². The zero-order chi connectivity index (χ0) is 18.1. The zero-order valence-corrected chi connectivity index (χ0v) is 14.6. The van der Waals surface area contributed by atoms with E-state index in [4.69, 9.17) is 4.52 Å². The number of amides is 1. The van der Waals surface area contributed by atoms with Crippen molar-refractivity contribution in [3.63, 3.8) is 0 Å². The smallest absolute Gasteiger partial charge is 0.259 e. The van der Waals surface area contributed by atoms with E-state index in [1.54, 1.807) is 4.90 Å². The Balaban J connectivity index is 1.58. The second kappa shape index (κ2) is 6.42. The minimum absolute atomic E-state index is 0.173. The topological polar surface area (TPSA) is 66.6 Å². The number of aromatic nitrogens is 1. The molecule has 1 aliphatic heterocycles. The largest absolute Gasteiger partial charge is 0.383 e. The quantitative estimate of drug-likeness (QED) is 0.788. The van der Waals surface area contributed by atoms with Gasteiger partial charge in [0, 0.05) is 12.1 Å². The van der Waals surface area contributed by atoms with Crippen molar-refractivity contribution >= 4 is 5.91 Å². The summed E-state index contributed by atoms with van der Waals surface area (Å²) in [5.41, 5.74) is 2.75. The number of carbonyl (C=O) groups excluding carboxylic acids is 1. The molecule has 0 saturated carbocycles. The SMILES string of the molecule is Cc1ccc(-c2nocc2C(=O)N2CCC(O)(c3ccccc3)C2)cc1. The highest BCUT2D eigenvalue weighted by Crippen LogP contribution is 2.33. The van der Waals surface area contributed by atoms with E-state index in [-0.39, 0.29) is 12.5 Å². The molecule has 4 rings (SSSR count). The molecule has 2 aromatic carbocycles. The number of hydrogen-bond donors (Lipinski definition) is 1. The number of hydrogen-bond acceptors (Lipinski definition) is 4. The van der Waals surface area contributed by atoms with Crippen LogP contribution in [0.2, 0.25) is 0 Å². The van der Waals surface area contributed by atoms with Crippen LogP contribution in [-0.4, -0.2) is 34.2 Å². The highest BCUT2D eigenvalue weighted by molar-refractivity contribution is 5.99. The van der Waals surface area contributed by atoms with Crippen LogP contribution in [0.1, 0.15) is 27.9 Å². The second-order valence-electron chi connectivity index (χ2n) is 6.82. The van der Waals surface area contributed by atoms with Crippen molar-refractivity contribution in [3.8, 4) is 11.3 Å². The summed E-state index contributed by atoms with van der Waals surface area (Å²) in [4.78, 5) is 14.7. The fourth-order valence-corrected chi connectivity index (χ4v) is 3.43. The van der Waals surface area contributed by atoms with Crippen LogP contribution in [0.15, 0.2) is 65.4 Å². The molecule has 0 spiro atoms. The monoisotopic (exact) mass is 348 g/mol. The number of rotatable bonds is 3. The van der Waals surface area contributed by atoms with Crippen LogP contribution in [0.4, 0.5) is 0 Å². The molecular formula is C21H20N2O3. The summed E-state index contributed by atoms with van der Waals surface area (Å²) < 4.78 is 5.09. The van der Waals surface area contributed by atoms with E-state index in [0.29, 0.717) is 24.2 Å². The van der Waals surface area contributed by atoms with E-state index in [0.717, 1.165) is 16.7 Å². The fraction of sp³-hybridized carbons (Fsp3) is 0.238. The van der Waals surface area contributed by atoms with Gasteiger partial charge in [-0.25, -0.2) is 0 Å². The van der Waals surface area contributed by atoms with Gasteiger partial charge in [-0.3, -0.25) is 4.79 Å². The Labute approximate surface area is 151 Å². The van der Waals surface area contributed by atoms with Gasteiger partial charge in [-0.15, -0.1) is 0 Å². The number of aliphatic hydroxyl groups is 1. The van der Waals surface area contributed by atoms with E-state index in [1.807, 2.05) is 61.5 Å². The normalized spacial score (nSPS) is 19.7. The Morgan fingerprint density at radius 3 is 2.62 bits per heavy atom. The van der Waals surface area contributed by atoms with Crippen molar-refractivity contribution in [3.05, 3.63) is 77.6 Å². The molecule has 0 bridgehead atoms. The molecule has 1 aromatic heterocycles. The highest BCUT2D eigenvalue weighted by Gasteiger charge is 2.40. The number of benzene rings is 2. The van der Waals surface area contributed by atoms with Gasteiger partial charge in [0.05, 0.1) is 6.54 Å². The van der Waals surface area contributed by atoms with E-state index in [1.165, 1.54) is 6.26 Å². The van der Waals surface area contributed by atoms with Crippen LogP contribution in [0, 0.1) is 6.92 Å². The molecule has 5 nitrogen and oxygen atoms in total. The average Bonchev–Trinajstić information content (AvgIpc) is 3.30. The summed E-state index contributed by atoms with van der Waals surface area (Å²) in [7, 11) is 0. The molecule has 0 aliphatic carbocycles. The van der Waals surface area contributed by atoms with Gasteiger partial charge in [0.25, 0.3) is 5.91 Å². The van der Waals surface area contributed by atoms with E-state index < -0.39 is 5.60 Å². The van der Waals surface area contributed by atoms with Gasteiger partial charge in [-0.2, -0.15) is 0 Å². The number of aryl methyl sites for hydroxylation is 1. The minimum Gasteiger partial charge on any atom is -0.383 e. The van der Waals surface area contributed by atoms with Gasteiger partial charge >= 0.3 is 0 Å². The number of likely N-dealkylation sites (tertiary alicyclic amines) is 1. The van der Waals surface area contributed by atoms with Crippen LogP contribution in [0.3, 0.4) is 0 Å². The molecule has 1 fully saturated rings. The third-order valence-corrected chi connectivity index (χ3v) is 4.97. The first-order valence-electron chi connectivity index (χ1n) is 8.65.